The Hall–Kier alpha value is -3.49. The number of anilines is 2. The number of amides is 1. The molecule has 1 aliphatic heterocycles. The van der Waals surface area contributed by atoms with Gasteiger partial charge in [0.05, 0.1) is 27.9 Å². The van der Waals surface area contributed by atoms with E-state index in [0.717, 1.165) is 35.9 Å². The van der Waals surface area contributed by atoms with Gasteiger partial charge in [0.2, 0.25) is 0 Å². The van der Waals surface area contributed by atoms with Crippen molar-refractivity contribution in [2.75, 3.05) is 37.0 Å². The summed E-state index contributed by atoms with van der Waals surface area (Å²) < 4.78 is 5.85. The zero-order chi connectivity index (χ0) is 25.7. The molecule has 2 heterocycles. The molecule has 4 rings (SSSR count). The van der Waals surface area contributed by atoms with Crippen LogP contribution in [-0.4, -0.2) is 54.8 Å². The van der Waals surface area contributed by atoms with Crippen LogP contribution in [0.1, 0.15) is 21.6 Å². The van der Waals surface area contributed by atoms with E-state index in [-0.39, 0.29) is 22.0 Å². The first-order valence-corrected chi connectivity index (χ1v) is 12.2. The predicted molar refractivity (Wildman–Crippen MR) is 141 cm³/mol. The Balaban J connectivity index is 1.32. The molecule has 0 unspecified atom stereocenters. The molecule has 188 valence electrons. The maximum absolute atomic E-state index is 12.6. The monoisotopic (exact) mass is 528 g/mol. The second-order valence-corrected chi connectivity index (χ2v) is 9.24. The van der Waals surface area contributed by atoms with Crippen LogP contribution in [0.25, 0.3) is 0 Å². The van der Waals surface area contributed by atoms with Crippen molar-refractivity contribution in [1.29, 1.82) is 0 Å². The summed E-state index contributed by atoms with van der Waals surface area (Å²) in [6, 6.07) is 14.7. The SMILES string of the molecule is CN1CCNc2nc(CCOc3ccc(C[C@H](NC(=O)c4c(Cl)cccc4Cl)C(=O)O)cc3)ccc21. The molecule has 36 heavy (non-hydrogen) atoms. The zero-order valence-corrected chi connectivity index (χ0v) is 21.1. The van der Waals surface area contributed by atoms with Crippen molar-refractivity contribution in [3.63, 3.8) is 0 Å². The van der Waals surface area contributed by atoms with Gasteiger partial charge < -0.3 is 25.4 Å². The molecule has 0 aliphatic carbocycles. The fourth-order valence-corrected chi connectivity index (χ4v) is 4.48. The predicted octanol–water partition coefficient (Wildman–Crippen LogP) is 4.30. The number of benzene rings is 2. The molecule has 0 saturated carbocycles. The molecule has 1 atom stereocenters. The van der Waals surface area contributed by atoms with E-state index in [1.54, 1.807) is 30.3 Å². The van der Waals surface area contributed by atoms with Crippen LogP contribution in [0.2, 0.25) is 10.0 Å². The Kier molecular flexibility index (Phi) is 8.18. The number of ether oxygens (including phenoxy) is 1. The summed E-state index contributed by atoms with van der Waals surface area (Å²) in [5.41, 5.74) is 2.80. The number of carbonyl (C=O) groups excluding carboxylic acids is 1. The van der Waals surface area contributed by atoms with E-state index >= 15 is 0 Å². The molecule has 10 heteroatoms. The summed E-state index contributed by atoms with van der Waals surface area (Å²) in [5, 5.41) is 15.7. The van der Waals surface area contributed by atoms with Crippen molar-refractivity contribution in [2.45, 2.75) is 18.9 Å². The highest BCUT2D eigenvalue weighted by Gasteiger charge is 2.24. The zero-order valence-electron chi connectivity index (χ0n) is 19.6. The molecule has 1 amide bonds. The van der Waals surface area contributed by atoms with Crippen molar-refractivity contribution in [2.24, 2.45) is 0 Å². The Morgan fingerprint density at radius 2 is 1.86 bits per heavy atom. The van der Waals surface area contributed by atoms with E-state index in [2.05, 4.69) is 33.6 Å². The molecule has 3 N–H and O–H groups in total. The third-order valence-electron chi connectivity index (χ3n) is 5.87. The summed E-state index contributed by atoms with van der Waals surface area (Å²) in [5.74, 6) is -0.253. The van der Waals surface area contributed by atoms with Gasteiger partial charge in [0.25, 0.3) is 5.91 Å². The number of hydrogen-bond acceptors (Lipinski definition) is 6. The molecule has 0 spiro atoms. The van der Waals surface area contributed by atoms with E-state index < -0.39 is 17.9 Å². The Bertz CT molecular complexity index is 1230. The van der Waals surface area contributed by atoms with E-state index in [9.17, 15) is 14.7 Å². The van der Waals surface area contributed by atoms with E-state index in [0.29, 0.717) is 18.8 Å². The smallest absolute Gasteiger partial charge is 0.326 e. The highest BCUT2D eigenvalue weighted by atomic mass is 35.5. The normalized spacial score (nSPS) is 13.4. The number of hydrogen-bond donors (Lipinski definition) is 3. The van der Waals surface area contributed by atoms with Gasteiger partial charge >= 0.3 is 5.97 Å². The number of aliphatic carboxylic acids is 1. The Labute approximate surface area is 219 Å². The van der Waals surface area contributed by atoms with Crippen LogP contribution in [0.5, 0.6) is 5.75 Å². The molecule has 0 saturated heterocycles. The summed E-state index contributed by atoms with van der Waals surface area (Å²) >= 11 is 12.1. The first-order valence-electron chi connectivity index (χ1n) is 11.5. The van der Waals surface area contributed by atoms with Crippen molar-refractivity contribution >= 4 is 46.6 Å². The van der Waals surface area contributed by atoms with Gasteiger partial charge in [0.15, 0.2) is 0 Å². The average Bonchev–Trinajstić information content (AvgIpc) is 2.84. The molecule has 1 aliphatic rings. The first-order chi connectivity index (χ1) is 17.3. The lowest BCUT2D eigenvalue weighted by molar-refractivity contribution is -0.139. The van der Waals surface area contributed by atoms with Crippen LogP contribution in [0.4, 0.5) is 11.5 Å². The van der Waals surface area contributed by atoms with Gasteiger partial charge in [0, 0.05) is 38.7 Å². The Morgan fingerprint density at radius 3 is 2.56 bits per heavy atom. The lowest BCUT2D eigenvalue weighted by atomic mass is 10.1. The standard InChI is InChI=1S/C26H26Cl2N4O4/c1-32-13-12-29-24-22(32)10-7-17(30-24)11-14-36-18-8-5-16(6-9-18)15-21(26(34)35)31-25(33)23-19(27)3-2-4-20(23)28/h2-10,21H,11-15H2,1H3,(H,29,30)(H,31,33)(H,34,35)/t21-/m0/s1. The third kappa shape index (κ3) is 6.19. The first kappa shape index (κ1) is 25.6. The largest absolute Gasteiger partial charge is 0.493 e. The molecular formula is C26H26Cl2N4O4. The number of carboxylic acid groups (broad SMARTS) is 1. The van der Waals surface area contributed by atoms with Crippen molar-refractivity contribution in [1.82, 2.24) is 10.3 Å². The van der Waals surface area contributed by atoms with Gasteiger partial charge in [-0.1, -0.05) is 41.4 Å². The number of nitrogens with zero attached hydrogens (tertiary/aromatic N) is 2. The van der Waals surface area contributed by atoms with Gasteiger partial charge in [-0.2, -0.15) is 0 Å². The quantitative estimate of drug-likeness (QED) is 0.380. The molecule has 3 aromatic rings. The number of halogens is 2. The molecule has 8 nitrogen and oxygen atoms in total. The Morgan fingerprint density at radius 1 is 1.14 bits per heavy atom. The number of fused-ring (bicyclic) bond motifs is 1. The summed E-state index contributed by atoms with van der Waals surface area (Å²) in [6.45, 7) is 2.26. The number of nitrogens with one attached hydrogen (secondary N) is 2. The van der Waals surface area contributed by atoms with E-state index in [4.69, 9.17) is 27.9 Å². The minimum Gasteiger partial charge on any atom is -0.493 e. The van der Waals surface area contributed by atoms with Crippen LogP contribution in [-0.2, 0) is 17.6 Å². The highest BCUT2D eigenvalue weighted by molar-refractivity contribution is 6.39. The van der Waals surface area contributed by atoms with Crippen molar-refractivity contribution in [3.8, 4) is 5.75 Å². The number of aromatic nitrogens is 1. The van der Waals surface area contributed by atoms with Gasteiger partial charge in [-0.15, -0.1) is 0 Å². The van der Waals surface area contributed by atoms with E-state index in [1.165, 1.54) is 12.1 Å². The number of likely N-dealkylation sites (N-methyl/N-ethyl adjacent to an activating group) is 1. The van der Waals surface area contributed by atoms with Crippen LogP contribution >= 0.6 is 23.2 Å². The summed E-state index contributed by atoms with van der Waals surface area (Å²) in [4.78, 5) is 31.2. The number of pyridine rings is 1. The van der Waals surface area contributed by atoms with Gasteiger partial charge in [-0.3, -0.25) is 4.79 Å². The molecule has 2 aromatic carbocycles. The lowest BCUT2D eigenvalue weighted by Crippen LogP contribution is -2.42. The number of carboxylic acids is 1. The van der Waals surface area contributed by atoms with Gasteiger partial charge in [-0.05, 0) is 42.0 Å². The van der Waals surface area contributed by atoms with Crippen LogP contribution in [0.15, 0.2) is 54.6 Å². The van der Waals surface area contributed by atoms with Crippen LogP contribution in [0, 0.1) is 0 Å². The lowest BCUT2D eigenvalue weighted by Gasteiger charge is -2.27. The number of carbonyl (C=O) groups is 2. The fourth-order valence-electron chi connectivity index (χ4n) is 3.91. The minimum atomic E-state index is -1.16. The third-order valence-corrected chi connectivity index (χ3v) is 6.50. The number of rotatable bonds is 9. The van der Waals surface area contributed by atoms with Gasteiger partial charge in [-0.25, -0.2) is 9.78 Å². The average molecular weight is 529 g/mol. The molecule has 0 bridgehead atoms. The second kappa shape index (κ2) is 11.5. The maximum Gasteiger partial charge on any atom is 0.326 e. The minimum absolute atomic E-state index is 0.0482. The molecule has 0 fully saturated rings. The summed E-state index contributed by atoms with van der Waals surface area (Å²) in [7, 11) is 2.05. The molecule has 0 radical (unpaired) electrons. The topological polar surface area (TPSA) is 104 Å². The van der Waals surface area contributed by atoms with Gasteiger partial charge in [0.1, 0.15) is 17.6 Å². The molecule has 1 aromatic heterocycles. The molecular weight excluding hydrogens is 503 g/mol. The van der Waals surface area contributed by atoms with Crippen LogP contribution < -0.4 is 20.3 Å². The van der Waals surface area contributed by atoms with E-state index in [1.807, 2.05) is 6.07 Å². The highest BCUT2D eigenvalue weighted by Crippen LogP contribution is 2.26. The summed E-state index contributed by atoms with van der Waals surface area (Å²) in [6.07, 6.45) is 0.738. The van der Waals surface area contributed by atoms with Crippen molar-refractivity contribution in [3.05, 3.63) is 81.5 Å². The second-order valence-electron chi connectivity index (χ2n) is 8.43. The fraction of sp³-hybridized carbons (Fsp3) is 0.269. The van der Waals surface area contributed by atoms with Crippen molar-refractivity contribution < 1.29 is 19.4 Å². The maximum atomic E-state index is 12.6. The van der Waals surface area contributed by atoms with Crippen LogP contribution in [0.3, 0.4) is 0 Å².